The standard InChI is InChI=1S/C22H28N2O5S/c1-3-21(29-19-11-9-18(28-2)10-12-19)22(25)23-17-7-13-20(14-8-17)30(26,27)24-15-5-4-6-16-24/h7-14,21H,3-6,15-16H2,1-2H3,(H,23,25). The number of sulfonamides is 1. The van der Waals surface area contributed by atoms with Gasteiger partial charge in [-0.25, -0.2) is 8.42 Å². The largest absolute Gasteiger partial charge is 0.497 e. The molecular formula is C22H28N2O5S. The Labute approximate surface area is 178 Å². The highest BCUT2D eigenvalue weighted by molar-refractivity contribution is 7.89. The minimum absolute atomic E-state index is 0.240. The fourth-order valence-corrected chi connectivity index (χ4v) is 4.85. The number of hydrogen-bond acceptors (Lipinski definition) is 5. The van der Waals surface area contributed by atoms with Crippen LogP contribution < -0.4 is 14.8 Å². The Kier molecular flexibility index (Phi) is 7.33. The third-order valence-electron chi connectivity index (χ3n) is 5.08. The van der Waals surface area contributed by atoms with Crippen molar-refractivity contribution in [2.45, 2.75) is 43.6 Å². The first-order chi connectivity index (χ1) is 14.4. The molecule has 0 aromatic heterocycles. The smallest absolute Gasteiger partial charge is 0.265 e. The highest BCUT2D eigenvalue weighted by atomic mass is 32.2. The highest BCUT2D eigenvalue weighted by Crippen LogP contribution is 2.23. The van der Waals surface area contributed by atoms with Crippen LogP contribution in [-0.2, 0) is 14.8 Å². The monoisotopic (exact) mass is 432 g/mol. The number of anilines is 1. The molecule has 1 N–H and O–H groups in total. The molecule has 1 fully saturated rings. The van der Waals surface area contributed by atoms with E-state index in [1.807, 2.05) is 6.92 Å². The summed E-state index contributed by atoms with van der Waals surface area (Å²) in [5, 5.41) is 2.80. The number of carbonyl (C=O) groups excluding carboxylic acids is 1. The van der Waals surface area contributed by atoms with Gasteiger partial charge in [0.25, 0.3) is 5.91 Å². The van der Waals surface area contributed by atoms with Crippen LogP contribution in [0.3, 0.4) is 0 Å². The lowest BCUT2D eigenvalue weighted by Crippen LogP contribution is -2.35. The van der Waals surface area contributed by atoms with Crippen LogP contribution in [0.15, 0.2) is 53.4 Å². The molecule has 1 amide bonds. The normalized spacial score (nSPS) is 15.9. The van der Waals surface area contributed by atoms with Crippen molar-refractivity contribution < 1.29 is 22.7 Å². The van der Waals surface area contributed by atoms with E-state index in [0.29, 0.717) is 36.7 Å². The molecule has 1 saturated heterocycles. The van der Waals surface area contributed by atoms with Gasteiger partial charge in [0.1, 0.15) is 11.5 Å². The number of piperidine rings is 1. The highest BCUT2D eigenvalue weighted by Gasteiger charge is 2.26. The zero-order valence-electron chi connectivity index (χ0n) is 17.3. The Hall–Kier alpha value is -2.58. The van der Waals surface area contributed by atoms with Crippen LogP contribution in [0.25, 0.3) is 0 Å². The number of nitrogens with zero attached hydrogens (tertiary/aromatic N) is 1. The summed E-state index contributed by atoms with van der Waals surface area (Å²) in [6.45, 7) is 2.98. The van der Waals surface area contributed by atoms with Gasteiger partial charge in [0.05, 0.1) is 12.0 Å². The molecule has 3 rings (SSSR count). The van der Waals surface area contributed by atoms with Crippen molar-refractivity contribution in [2.75, 3.05) is 25.5 Å². The molecule has 162 valence electrons. The summed E-state index contributed by atoms with van der Waals surface area (Å²) >= 11 is 0. The Balaban J connectivity index is 1.63. The molecular weight excluding hydrogens is 404 g/mol. The van der Waals surface area contributed by atoms with Crippen molar-refractivity contribution in [3.63, 3.8) is 0 Å². The molecule has 8 heteroatoms. The van der Waals surface area contributed by atoms with Gasteiger partial charge in [-0.1, -0.05) is 13.3 Å². The van der Waals surface area contributed by atoms with E-state index >= 15 is 0 Å². The number of hydrogen-bond donors (Lipinski definition) is 1. The van der Waals surface area contributed by atoms with Crippen molar-refractivity contribution in [1.29, 1.82) is 0 Å². The molecule has 0 aliphatic carbocycles. The number of ether oxygens (including phenoxy) is 2. The maximum atomic E-state index is 12.7. The Morgan fingerprint density at radius 3 is 2.17 bits per heavy atom. The summed E-state index contributed by atoms with van der Waals surface area (Å²) < 4.78 is 37.9. The second-order valence-electron chi connectivity index (χ2n) is 7.17. The van der Waals surface area contributed by atoms with Gasteiger partial charge in [0.15, 0.2) is 6.10 Å². The average Bonchev–Trinajstić information content (AvgIpc) is 2.78. The van der Waals surface area contributed by atoms with Crippen molar-refractivity contribution in [3.05, 3.63) is 48.5 Å². The van der Waals surface area contributed by atoms with E-state index in [-0.39, 0.29) is 10.8 Å². The van der Waals surface area contributed by atoms with E-state index in [2.05, 4.69) is 5.32 Å². The van der Waals surface area contributed by atoms with Gasteiger partial charge in [0, 0.05) is 18.8 Å². The maximum Gasteiger partial charge on any atom is 0.265 e. The van der Waals surface area contributed by atoms with E-state index in [1.165, 1.54) is 16.4 Å². The van der Waals surface area contributed by atoms with E-state index in [4.69, 9.17) is 9.47 Å². The SMILES string of the molecule is CCC(Oc1ccc(OC)cc1)C(=O)Nc1ccc(S(=O)(=O)N2CCCCC2)cc1. The molecule has 2 aromatic carbocycles. The third kappa shape index (κ3) is 5.31. The third-order valence-corrected chi connectivity index (χ3v) is 6.99. The topological polar surface area (TPSA) is 84.9 Å². The number of benzene rings is 2. The van der Waals surface area contributed by atoms with Crippen LogP contribution in [0.2, 0.25) is 0 Å². The second-order valence-corrected chi connectivity index (χ2v) is 9.11. The minimum Gasteiger partial charge on any atom is -0.497 e. The summed E-state index contributed by atoms with van der Waals surface area (Å²) in [5.41, 5.74) is 0.523. The molecule has 1 heterocycles. The summed E-state index contributed by atoms with van der Waals surface area (Å²) in [5.74, 6) is 0.986. The first kappa shape index (κ1) is 22.1. The number of methoxy groups -OCH3 is 1. The van der Waals surface area contributed by atoms with Gasteiger partial charge in [-0.2, -0.15) is 4.31 Å². The zero-order chi connectivity index (χ0) is 21.6. The molecule has 0 saturated carbocycles. The van der Waals surface area contributed by atoms with Gasteiger partial charge in [-0.05, 0) is 67.8 Å². The lowest BCUT2D eigenvalue weighted by atomic mass is 10.2. The molecule has 1 aliphatic rings. The minimum atomic E-state index is -3.49. The van der Waals surface area contributed by atoms with Crippen molar-refractivity contribution in [3.8, 4) is 11.5 Å². The Morgan fingerprint density at radius 2 is 1.60 bits per heavy atom. The fraction of sp³-hybridized carbons (Fsp3) is 0.409. The van der Waals surface area contributed by atoms with Crippen LogP contribution in [0, 0.1) is 0 Å². The summed E-state index contributed by atoms with van der Waals surface area (Å²) in [6.07, 6.45) is 2.66. The van der Waals surface area contributed by atoms with Crippen LogP contribution in [0.4, 0.5) is 5.69 Å². The predicted octanol–water partition coefficient (Wildman–Crippen LogP) is 3.67. The number of nitrogens with one attached hydrogen (secondary N) is 1. The van der Waals surface area contributed by atoms with Crippen LogP contribution >= 0.6 is 0 Å². The molecule has 0 bridgehead atoms. The van der Waals surface area contributed by atoms with Crippen molar-refractivity contribution in [1.82, 2.24) is 4.31 Å². The Morgan fingerprint density at radius 1 is 1.00 bits per heavy atom. The molecule has 2 aromatic rings. The average molecular weight is 433 g/mol. The van der Waals surface area contributed by atoms with Gasteiger partial charge in [-0.3, -0.25) is 4.79 Å². The molecule has 0 spiro atoms. The zero-order valence-corrected chi connectivity index (χ0v) is 18.2. The summed E-state index contributed by atoms with van der Waals surface area (Å²) in [7, 11) is -1.90. The first-order valence-corrected chi connectivity index (χ1v) is 11.6. The number of rotatable bonds is 8. The van der Waals surface area contributed by atoms with E-state index in [1.54, 1.807) is 43.5 Å². The first-order valence-electron chi connectivity index (χ1n) is 10.2. The molecule has 1 aliphatic heterocycles. The quantitative estimate of drug-likeness (QED) is 0.688. The molecule has 30 heavy (non-hydrogen) atoms. The maximum absolute atomic E-state index is 12.7. The lowest BCUT2D eigenvalue weighted by Gasteiger charge is -2.26. The van der Waals surface area contributed by atoms with Crippen LogP contribution in [-0.4, -0.2) is 44.9 Å². The van der Waals surface area contributed by atoms with Gasteiger partial charge in [-0.15, -0.1) is 0 Å². The van der Waals surface area contributed by atoms with E-state index < -0.39 is 16.1 Å². The molecule has 7 nitrogen and oxygen atoms in total. The fourth-order valence-electron chi connectivity index (χ4n) is 3.33. The number of carbonyl (C=O) groups is 1. The van der Waals surface area contributed by atoms with Gasteiger partial charge in [0.2, 0.25) is 10.0 Å². The predicted molar refractivity (Wildman–Crippen MR) is 115 cm³/mol. The van der Waals surface area contributed by atoms with Crippen molar-refractivity contribution in [2.24, 2.45) is 0 Å². The van der Waals surface area contributed by atoms with E-state index in [0.717, 1.165) is 19.3 Å². The van der Waals surface area contributed by atoms with Gasteiger partial charge < -0.3 is 14.8 Å². The summed E-state index contributed by atoms with van der Waals surface area (Å²) in [6, 6.07) is 13.3. The molecule has 0 radical (unpaired) electrons. The van der Waals surface area contributed by atoms with Crippen LogP contribution in [0.5, 0.6) is 11.5 Å². The van der Waals surface area contributed by atoms with Crippen LogP contribution in [0.1, 0.15) is 32.6 Å². The lowest BCUT2D eigenvalue weighted by molar-refractivity contribution is -0.122. The number of amides is 1. The van der Waals surface area contributed by atoms with Crippen molar-refractivity contribution >= 4 is 21.6 Å². The van der Waals surface area contributed by atoms with Gasteiger partial charge >= 0.3 is 0 Å². The Bertz CT molecular complexity index is 936. The second kappa shape index (κ2) is 9.95. The molecule has 1 atom stereocenters. The molecule has 1 unspecified atom stereocenters. The van der Waals surface area contributed by atoms with E-state index in [9.17, 15) is 13.2 Å². The summed E-state index contributed by atoms with van der Waals surface area (Å²) in [4.78, 5) is 12.9.